The van der Waals surface area contributed by atoms with E-state index in [1.165, 1.54) is 0 Å². The Labute approximate surface area is 165 Å². The van der Waals surface area contributed by atoms with Gasteiger partial charge in [-0.1, -0.05) is 12.1 Å². The molecule has 1 aliphatic rings. The average Bonchev–Trinajstić information content (AvgIpc) is 3.13. The number of nitrogens with zero attached hydrogens (tertiary/aromatic N) is 2. The zero-order chi connectivity index (χ0) is 20.2. The van der Waals surface area contributed by atoms with Crippen molar-refractivity contribution in [3.63, 3.8) is 0 Å². The van der Waals surface area contributed by atoms with Crippen molar-refractivity contribution in [2.75, 3.05) is 33.4 Å². The lowest BCUT2D eigenvalue weighted by Crippen LogP contribution is -2.21. The van der Waals surface area contributed by atoms with Crippen LogP contribution in [0.15, 0.2) is 42.7 Å². The second-order valence-corrected chi connectivity index (χ2v) is 6.33. The fourth-order valence-electron chi connectivity index (χ4n) is 2.72. The summed E-state index contributed by atoms with van der Waals surface area (Å²) >= 11 is 0. The Balaban J connectivity index is 0.000000209. The molecule has 0 spiro atoms. The summed E-state index contributed by atoms with van der Waals surface area (Å²) in [7, 11) is 2.11. The van der Waals surface area contributed by atoms with E-state index in [-0.39, 0.29) is 19.3 Å². The summed E-state index contributed by atoms with van der Waals surface area (Å²) in [5.74, 6) is 2.18. The normalized spacial score (nSPS) is 16.0. The number of aldehydes is 1. The van der Waals surface area contributed by atoms with Crippen molar-refractivity contribution in [3.05, 3.63) is 48.3 Å². The van der Waals surface area contributed by atoms with Crippen molar-refractivity contribution >= 4 is 6.29 Å². The Morgan fingerprint density at radius 3 is 2.61 bits per heavy atom. The Morgan fingerprint density at radius 1 is 1.21 bits per heavy atom. The van der Waals surface area contributed by atoms with Crippen LogP contribution in [0.3, 0.4) is 0 Å². The number of hydrogen-bond donors (Lipinski definition) is 1. The zero-order valence-corrected chi connectivity index (χ0v) is 16.4. The first-order valence-corrected chi connectivity index (χ1v) is 9.34. The summed E-state index contributed by atoms with van der Waals surface area (Å²) < 4.78 is 16.4. The maximum Gasteiger partial charge on any atom is 0.179 e. The van der Waals surface area contributed by atoms with Crippen molar-refractivity contribution < 1.29 is 24.1 Å². The molecule has 1 aromatic heterocycles. The average molecular weight is 388 g/mol. The van der Waals surface area contributed by atoms with Crippen LogP contribution in [0.4, 0.5) is 0 Å². The number of aliphatic hydroxyl groups excluding tert-OH is 1. The second-order valence-electron chi connectivity index (χ2n) is 6.33. The van der Waals surface area contributed by atoms with Crippen molar-refractivity contribution in [1.82, 2.24) is 9.88 Å². The number of aromatic nitrogens is 1. The van der Waals surface area contributed by atoms with E-state index < -0.39 is 0 Å². The van der Waals surface area contributed by atoms with Crippen molar-refractivity contribution in [1.29, 1.82) is 0 Å². The smallest absolute Gasteiger partial charge is 0.179 e. The Hall–Kier alpha value is -2.64. The van der Waals surface area contributed by atoms with Gasteiger partial charge in [-0.2, -0.15) is 0 Å². The van der Waals surface area contributed by atoms with Gasteiger partial charge in [-0.3, -0.25) is 9.78 Å². The Kier molecular flexibility index (Phi) is 9.24. The molecule has 3 rings (SSSR count). The molecule has 0 radical (unpaired) electrons. The first-order chi connectivity index (χ1) is 13.7. The molecule has 1 aromatic carbocycles. The number of likely N-dealkylation sites (tertiary alicyclic amines) is 1. The molecule has 0 amide bonds. The molecule has 0 bridgehead atoms. The van der Waals surface area contributed by atoms with E-state index in [0.29, 0.717) is 18.6 Å². The molecule has 1 saturated heterocycles. The predicted octanol–water partition coefficient (Wildman–Crippen LogP) is 2.32. The first-order valence-electron chi connectivity index (χ1n) is 9.34. The number of carbonyl (C=O) groups excluding carboxylic acids is 1. The monoisotopic (exact) mass is 388 g/mol. The maximum absolute atomic E-state index is 9.94. The van der Waals surface area contributed by atoms with Gasteiger partial charge in [0.15, 0.2) is 17.8 Å². The maximum atomic E-state index is 9.94. The van der Waals surface area contributed by atoms with Crippen LogP contribution in [-0.4, -0.2) is 60.7 Å². The summed E-state index contributed by atoms with van der Waals surface area (Å²) in [6.45, 7) is 4.76. The molecule has 1 N–H and O–H groups in total. The molecule has 152 valence electrons. The van der Waals surface area contributed by atoms with Gasteiger partial charge in [0, 0.05) is 25.4 Å². The highest BCUT2D eigenvalue weighted by atomic mass is 16.5. The van der Waals surface area contributed by atoms with E-state index in [2.05, 4.69) is 16.9 Å². The van der Waals surface area contributed by atoms with Crippen LogP contribution < -0.4 is 14.2 Å². The van der Waals surface area contributed by atoms with Gasteiger partial charge < -0.3 is 24.2 Å². The molecule has 1 fully saturated rings. The highest BCUT2D eigenvalue weighted by Crippen LogP contribution is 2.27. The molecule has 1 aliphatic heterocycles. The minimum absolute atomic E-state index is 0.0218. The summed E-state index contributed by atoms with van der Waals surface area (Å²) in [5.41, 5.74) is 0.827. The van der Waals surface area contributed by atoms with Crippen LogP contribution in [-0.2, 0) is 11.4 Å². The fourth-order valence-corrected chi connectivity index (χ4v) is 2.72. The molecule has 7 heteroatoms. The van der Waals surface area contributed by atoms with Crippen molar-refractivity contribution in [2.24, 2.45) is 0 Å². The van der Waals surface area contributed by atoms with Gasteiger partial charge >= 0.3 is 0 Å². The van der Waals surface area contributed by atoms with Gasteiger partial charge in [0.1, 0.15) is 18.5 Å². The third-order valence-corrected chi connectivity index (χ3v) is 4.11. The predicted molar refractivity (Wildman–Crippen MR) is 106 cm³/mol. The molecule has 0 saturated carbocycles. The third kappa shape index (κ3) is 7.17. The first kappa shape index (κ1) is 21.7. The second kappa shape index (κ2) is 11.9. The highest BCUT2D eigenvalue weighted by molar-refractivity contribution is 5.51. The number of pyridine rings is 1. The minimum Gasteiger partial charge on any atom is -0.490 e. The van der Waals surface area contributed by atoms with E-state index >= 15 is 0 Å². The largest absolute Gasteiger partial charge is 0.490 e. The van der Waals surface area contributed by atoms with Gasteiger partial charge in [0.2, 0.25) is 0 Å². The fraction of sp³-hybridized carbons (Fsp3) is 0.429. The SMILES string of the molecule is CCOc1ccncc1OC1CCN(C)C1.O=CCOc1ccc(CO)cc1. The van der Waals surface area contributed by atoms with Crippen molar-refractivity contribution in [2.45, 2.75) is 26.1 Å². The van der Waals surface area contributed by atoms with Crippen LogP contribution >= 0.6 is 0 Å². The van der Waals surface area contributed by atoms with Crippen molar-refractivity contribution in [3.8, 4) is 17.2 Å². The van der Waals surface area contributed by atoms with E-state index in [1.54, 1.807) is 36.7 Å². The van der Waals surface area contributed by atoms with Crippen LogP contribution in [0.1, 0.15) is 18.9 Å². The molecule has 1 unspecified atom stereocenters. The van der Waals surface area contributed by atoms with E-state index in [9.17, 15) is 4.79 Å². The lowest BCUT2D eigenvalue weighted by molar-refractivity contribution is -0.109. The molecule has 28 heavy (non-hydrogen) atoms. The minimum atomic E-state index is 0.0218. The summed E-state index contributed by atoms with van der Waals surface area (Å²) in [6.07, 6.45) is 5.46. The Morgan fingerprint density at radius 2 is 2.00 bits per heavy atom. The van der Waals surface area contributed by atoms with Crippen LogP contribution in [0.25, 0.3) is 0 Å². The van der Waals surface area contributed by atoms with Gasteiger partial charge in [-0.25, -0.2) is 0 Å². The number of hydrogen-bond acceptors (Lipinski definition) is 7. The number of rotatable bonds is 8. The van der Waals surface area contributed by atoms with Crippen LogP contribution in [0.2, 0.25) is 0 Å². The molecule has 2 heterocycles. The molecule has 1 atom stereocenters. The van der Waals surface area contributed by atoms with E-state index in [1.807, 2.05) is 13.0 Å². The number of aliphatic hydroxyl groups is 1. The van der Waals surface area contributed by atoms with Gasteiger partial charge in [-0.15, -0.1) is 0 Å². The number of likely N-dealkylation sites (N-methyl/N-ethyl adjacent to an activating group) is 1. The number of ether oxygens (including phenoxy) is 3. The topological polar surface area (TPSA) is 81.1 Å². The lowest BCUT2D eigenvalue weighted by Gasteiger charge is -2.16. The molecule has 0 aliphatic carbocycles. The quantitative estimate of drug-likeness (QED) is 0.695. The summed E-state index contributed by atoms with van der Waals surface area (Å²) in [6, 6.07) is 8.78. The van der Waals surface area contributed by atoms with Gasteiger partial charge in [0.05, 0.1) is 19.4 Å². The Bertz CT molecular complexity index is 708. The van der Waals surface area contributed by atoms with Gasteiger partial charge in [0.25, 0.3) is 0 Å². The number of benzene rings is 1. The lowest BCUT2D eigenvalue weighted by atomic mass is 10.2. The summed E-state index contributed by atoms with van der Waals surface area (Å²) in [4.78, 5) is 16.3. The highest BCUT2D eigenvalue weighted by Gasteiger charge is 2.22. The molecular formula is C21H28N2O5. The zero-order valence-electron chi connectivity index (χ0n) is 16.4. The van der Waals surface area contributed by atoms with E-state index in [0.717, 1.165) is 36.6 Å². The van der Waals surface area contributed by atoms with Crippen LogP contribution in [0.5, 0.6) is 17.2 Å². The molecule has 2 aromatic rings. The van der Waals surface area contributed by atoms with Crippen LogP contribution in [0, 0.1) is 0 Å². The third-order valence-electron chi connectivity index (χ3n) is 4.11. The molecule has 7 nitrogen and oxygen atoms in total. The van der Waals surface area contributed by atoms with Gasteiger partial charge in [-0.05, 0) is 38.1 Å². The summed E-state index contributed by atoms with van der Waals surface area (Å²) in [5, 5.41) is 8.71. The molecular weight excluding hydrogens is 360 g/mol. The number of carbonyl (C=O) groups is 1. The standard InChI is InChI=1S/C12H18N2O2.C9H10O3/c1-3-15-11-4-6-13-8-12(11)16-10-5-7-14(2)9-10;10-5-6-12-9-3-1-8(7-11)2-4-9/h4,6,8,10H,3,5,7,9H2,1-2H3;1-5,11H,6-7H2. The van der Waals surface area contributed by atoms with E-state index in [4.69, 9.17) is 19.3 Å².